The van der Waals surface area contributed by atoms with Gasteiger partial charge in [0.05, 0.1) is 35.9 Å². The van der Waals surface area contributed by atoms with Crippen molar-refractivity contribution in [2.45, 2.75) is 120 Å². The fourth-order valence-electron chi connectivity index (χ4n) is 8.42. The van der Waals surface area contributed by atoms with E-state index in [4.69, 9.17) is 18.8 Å². The number of aromatic nitrogens is 8. The molecule has 380 valence electrons. The number of rotatable bonds is 10. The maximum Gasteiger partial charge on any atom is 0.274 e. The number of hydrogen-bond acceptors (Lipinski definition) is 14. The molecule has 6 N–H and O–H groups in total. The third kappa shape index (κ3) is 11.1. The first-order valence-electron chi connectivity index (χ1n) is 23.8. The Bertz CT molecular complexity index is 2790. The van der Waals surface area contributed by atoms with Gasteiger partial charge in [0.1, 0.15) is 59.7 Å². The van der Waals surface area contributed by atoms with Crippen LogP contribution in [0.2, 0.25) is 0 Å². The number of pyridine rings is 2. The zero-order chi connectivity index (χ0) is 52.3. The van der Waals surface area contributed by atoms with E-state index < -0.39 is 59.6 Å². The second-order valence-corrected chi connectivity index (χ2v) is 19.3. The number of amides is 6. The van der Waals surface area contributed by atoms with Crippen molar-refractivity contribution in [2.75, 3.05) is 10.6 Å². The molecule has 0 spiro atoms. The number of carbonyl (C=O) groups is 6. The van der Waals surface area contributed by atoms with Crippen LogP contribution in [0.25, 0.3) is 0 Å². The molecule has 0 saturated carbocycles. The number of nitrogens with one attached hydrogen (secondary N) is 6. The van der Waals surface area contributed by atoms with Gasteiger partial charge in [-0.25, -0.2) is 19.9 Å². The summed E-state index contributed by atoms with van der Waals surface area (Å²) in [6.07, 6.45) is 6.16. The van der Waals surface area contributed by atoms with E-state index >= 15 is 0 Å². The fourth-order valence-corrected chi connectivity index (χ4v) is 8.42. The quantitative estimate of drug-likeness (QED) is 0.0894. The summed E-state index contributed by atoms with van der Waals surface area (Å²) < 4.78 is 15.4. The normalized spacial score (nSPS) is 17.9. The summed E-state index contributed by atoms with van der Waals surface area (Å²) in [7, 11) is 0. The molecule has 22 heteroatoms. The molecule has 0 radical (unpaired) electrons. The summed E-state index contributed by atoms with van der Waals surface area (Å²) >= 11 is 0. The SMILES string of the molecule is Cc1oc2nc1C(=O)N[C@@H](C(C)C)c1nc(c(C)n1CC(=O)Nc1cccnc1)C(=O)N[C@@H](C(C)C)c1nc(c(C)o1)C(=O)N[C@@H](C(C)C)c1nc(c(C)n1CC(=O)Nc1cccnc1)C(=O)N[C@H]2C(C)C. The van der Waals surface area contributed by atoms with E-state index in [9.17, 15) is 28.8 Å². The van der Waals surface area contributed by atoms with E-state index in [0.717, 1.165) is 0 Å². The van der Waals surface area contributed by atoms with Crippen LogP contribution in [0.4, 0.5) is 11.4 Å². The van der Waals surface area contributed by atoms with Crippen molar-refractivity contribution in [3.8, 4) is 0 Å². The number of aryl methyl sites for hydroxylation is 2. The highest BCUT2D eigenvalue weighted by Crippen LogP contribution is 2.31. The van der Waals surface area contributed by atoms with Crippen LogP contribution < -0.4 is 31.9 Å². The van der Waals surface area contributed by atoms with Crippen LogP contribution in [0.3, 0.4) is 0 Å². The average molecular weight is 987 g/mol. The molecule has 6 amide bonds. The average Bonchev–Trinajstić information content (AvgIpc) is 4.08. The number of oxazole rings is 2. The van der Waals surface area contributed by atoms with Gasteiger partial charge in [-0.1, -0.05) is 55.4 Å². The molecule has 4 atom stereocenters. The van der Waals surface area contributed by atoms with Crippen LogP contribution in [0.15, 0.2) is 57.9 Å². The van der Waals surface area contributed by atoms with Crippen molar-refractivity contribution in [1.29, 1.82) is 0 Å². The highest BCUT2D eigenvalue weighted by Gasteiger charge is 2.37. The minimum Gasteiger partial charge on any atom is -0.443 e. The third-order valence-corrected chi connectivity index (χ3v) is 12.4. The summed E-state index contributed by atoms with van der Waals surface area (Å²) in [6, 6.07) is 3.19. The number of fused-ring (bicyclic) bond motifs is 8. The second kappa shape index (κ2) is 21.5. The topological polar surface area (TPSA) is 288 Å². The van der Waals surface area contributed by atoms with Gasteiger partial charge in [-0.2, -0.15) is 0 Å². The molecule has 0 unspecified atom stereocenters. The van der Waals surface area contributed by atoms with E-state index in [2.05, 4.69) is 51.8 Å². The molecule has 72 heavy (non-hydrogen) atoms. The fraction of sp³-hybridized carbons (Fsp3) is 0.440. The first kappa shape index (κ1) is 51.8. The van der Waals surface area contributed by atoms with Gasteiger partial charge in [-0.15, -0.1) is 0 Å². The molecule has 22 nitrogen and oxygen atoms in total. The Morgan fingerprint density at radius 3 is 1.18 bits per heavy atom. The first-order valence-corrected chi connectivity index (χ1v) is 23.8. The van der Waals surface area contributed by atoms with Gasteiger partial charge in [0.25, 0.3) is 23.6 Å². The van der Waals surface area contributed by atoms with Crippen LogP contribution >= 0.6 is 0 Å². The predicted molar refractivity (Wildman–Crippen MR) is 262 cm³/mol. The molecular formula is C50H62N14O8. The molecular weight excluding hydrogens is 925 g/mol. The lowest BCUT2D eigenvalue weighted by Gasteiger charge is -2.23. The Labute approximate surface area is 416 Å². The molecule has 0 fully saturated rings. The van der Waals surface area contributed by atoms with E-state index in [-0.39, 0.29) is 94.5 Å². The summed E-state index contributed by atoms with van der Waals surface area (Å²) in [4.78, 5) is 112. The van der Waals surface area contributed by atoms with Crippen LogP contribution in [-0.4, -0.2) is 74.5 Å². The molecule has 0 aromatic carbocycles. The number of anilines is 2. The monoisotopic (exact) mass is 986 g/mol. The van der Waals surface area contributed by atoms with Crippen molar-refractivity contribution in [2.24, 2.45) is 23.7 Å². The van der Waals surface area contributed by atoms with E-state index in [1.54, 1.807) is 73.5 Å². The lowest BCUT2D eigenvalue weighted by Crippen LogP contribution is -2.36. The van der Waals surface area contributed by atoms with Gasteiger partial charge in [0.15, 0.2) is 11.4 Å². The Balaban J connectivity index is 1.35. The molecule has 7 heterocycles. The van der Waals surface area contributed by atoms with Gasteiger partial charge in [0, 0.05) is 23.8 Å². The lowest BCUT2D eigenvalue weighted by molar-refractivity contribution is -0.117. The summed E-state index contributed by atoms with van der Waals surface area (Å²) in [5, 5.41) is 17.7. The van der Waals surface area contributed by atoms with Gasteiger partial charge in [-0.3, -0.25) is 38.7 Å². The molecule has 0 aliphatic carbocycles. The molecule has 6 aromatic rings. The molecule has 1 aliphatic rings. The van der Waals surface area contributed by atoms with Crippen molar-refractivity contribution in [1.82, 2.24) is 60.3 Å². The standard InChI is InChI=1S/C50H62N14O8/c1-23(2)35-43-55-39(27(9)63(43)21-33(65)53-31-15-13-17-51-19-31)45(67)59-38(26(7)8)50-62-42(30(12)72-50)48(70)58-36(24(3)4)44-56-40(28(10)64(44)22-34(66)54-32-16-14-18-52-20-32)46(68)60-37(25(5)6)49-61-41(29(11)71-49)47(69)57-35/h13-20,23-26,35-38H,21-22H2,1-12H3,(H,53,65)(H,54,66)(H,57,69)(H,58,70)(H,59,67)(H,60,68)/t35-,36-,37-,38-/m0/s1. The van der Waals surface area contributed by atoms with Crippen LogP contribution in [0.1, 0.15) is 168 Å². The van der Waals surface area contributed by atoms with E-state index in [1.807, 2.05) is 55.4 Å². The van der Waals surface area contributed by atoms with Crippen molar-refractivity contribution >= 4 is 46.8 Å². The second-order valence-electron chi connectivity index (χ2n) is 19.3. The zero-order valence-corrected chi connectivity index (χ0v) is 42.5. The summed E-state index contributed by atoms with van der Waals surface area (Å²) in [6.45, 7) is 20.7. The van der Waals surface area contributed by atoms with E-state index in [0.29, 0.717) is 22.8 Å². The maximum absolute atomic E-state index is 14.5. The van der Waals surface area contributed by atoms with Crippen LogP contribution in [-0.2, 0) is 22.7 Å². The van der Waals surface area contributed by atoms with Gasteiger partial charge in [-0.05, 0) is 75.6 Å². The Morgan fingerprint density at radius 2 is 0.861 bits per heavy atom. The Hall–Kier alpha value is -8.04. The predicted octanol–water partition coefficient (Wildman–Crippen LogP) is 6.18. The van der Waals surface area contributed by atoms with Gasteiger partial charge >= 0.3 is 0 Å². The molecule has 7 rings (SSSR count). The Morgan fingerprint density at radius 1 is 0.528 bits per heavy atom. The number of hydrogen-bond donors (Lipinski definition) is 6. The molecule has 0 saturated heterocycles. The van der Waals surface area contributed by atoms with Crippen molar-refractivity contribution in [3.05, 3.63) is 118 Å². The van der Waals surface area contributed by atoms with Crippen molar-refractivity contribution in [3.63, 3.8) is 0 Å². The number of imidazole rings is 2. The van der Waals surface area contributed by atoms with E-state index in [1.165, 1.54) is 12.4 Å². The summed E-state index contributed by atoms with van der Waals surface area (Å²) in [5.41, 5.74) is 1.35. The molecule has 8 bridgehead atoms. The first-order chi connectivity index (χ1) is 34.1. The van der Waals surface area contributed by atoms with Crippen molar-refractivity contribution < 1.29 is 37.6 Å². The highest BCUT2D eigenvalue weighted by atomic mass is 16.4. The van der Waals surface area contributed by atoms with Gasteiger partial charge < -0.3 is 49.9 Å². The van der Waals surface area contributed by atoms with Crippen LogP contribution in [0.5, 0.6) is 0 Å². The summed E-state index contributed by atoms with van der Waals surface area (Å²) in [5.74, 6) is -3.97. The van der Waals surface area contributed by atoms with Crippen LogP contribution in [0, 0.1) is 51.4 Å². The Kier molecular flexibility index (Phi) is 15.5. The van der Waals surface area contributed by atoms with Gasteiger partial charge in [0.2, 0.25) is 23.6 Å². The molecule has 6 aromatic heterocycles. The number of nitrogens with zero attached hydrogens (tertiary/aromatic N) is 8. The smallest absolute Gasteiger partial charge is 0.274 e. The third-order valence-electron chi connectivity index (χ3n) is 12.4. The maximum atomic E-state index is 14.5. The lowest BCUT2D eigenvalue weighted by atomic mass is 10.0. The molecule has 1 aliphatic heterocycles. The number of carbonyl (C=O) groups excluding carboxylic acids is 6. The minimum absolute atomic E-state index is 0.0325. The largest absolute Gasteiger partial charge is 0.443 e. The zero-order valence-electron chi connectivity index (χ0n) is 42.5. The minimum atomic E-state index is -0.889. The highest BCUT2D eigenvalue weighted by molar-refractivity contribution is 5.97.